The molecule has 0 aliphatic rings. The van der Waals surface area contributed by atoms with Crippen LogP contribution < -0.4 is 11.5 Å². The maximum atomic E-state index is 11.7. The van der Waals surface area contributed by atoms with Crippen LogP contribution in [0.2, 0.25) is 0 Å². The second-order valence-electron chi connectivity index (χ2n) is 2.28. The smallest absolute Gasteiger partial charge is 0.253 e. The van der Waals surface area contributed by atoms with E-state index in [9.17, 15) is 8.78 Å². The summed E-state index contributed by atoms with van der Waals surface area (Å²) in [7, 11) is 0. The topological polar surface area (TPSA) is 52.0 Å². The monoisotopic (exact) mass is 152 g/mol. The van der Waals surface area contributed by atoms with Crippen molar-refractivity contribution in [3.8, 4) is 0 Å². The van der Waals surface area contributed by atoms with Crippen molar-refractivity contribution in [2.45, 2.75) is 31.7 Å². The largest absolute Gasteiger partial charge is 0.330 e. The number of unbranched alkanes of at least 4 members (excludes halogenated alkanes) is 1. The van der Waals surface area contributed by atoms with E-state index in [0.717, 1.165) is 6.42 Å². The molecule has 0 aromatic rings. The zero-order valence-electron chi connectivity index (χ0n) is 5.89. The van der Waals surface area contributed by atoms with Gasteiger partial charge in [0.05, 0.1) is 6.04 Å². The van der Waals surface area contributed by atoms with E-state index in [-0.39, 0.29) is 0 Å². The molecule has 62 valence electrons. The van der Waals surface area contributed by atoms with Crippen molar-refractivity contribution < 1.29 is 8.78 Å². The predicted molar refractivity (Wildman–Crippen MR) is 36.9 cm³/mol. The Morgan fingerprint density at radius 3 is 2.20 bits per heavy atom. The molecule has 4 N–H and O–H groups in total. The molecule has 0 aliphatic carbocycles. The summed E-state index contributed by atoms with van der Waals surface area (Å²) in [6.45, 7) is 0.552. The van der Waals surface area contributed by atoms with Gasteiger partial charge >= 0.3 is 0 Å². The van der Waals surface area contributed by atoms with Crippen LogP contribution in [0.3, 0.4) is 0 Å². The molecule has 0 fully saturated rings. The molecule has 0 spiro atoms. The van der Waals surface area contributed by atoms with Gasteiger partial charge in [-0.15, -0.1) is 0 Å². The zero-order chi connectivity index (χ0) is 7.98. The summed E-state index contributed by atoms with van der Waals surface area (Å²) < 4.78 is 23.4. The summed E-state index contributed by atoms with van der Waals surface area (Å²) in [6, 6.07) is -0.966. The molecule has 0 saturated heterocycles. The van der Waals surface area contributed by atoms with E-state index in [1.165, 1.54) is 0 Å². The lowest BCUT2D eigenvalue weighted by molar-refractivity contribution is 0.111. The number of hydrogen-bond acceptors (Lipinski definition) is 2. The molecule has 2 nitrogen and oxygen atoms in total. The second-order valence-corrected chi connectivity index (χ2v) is 2.28. The summed E-state index contributed by atoms with van der Waals surface area (Å²) in [5.41, 5.74) is 10.2. The van der Waals surface area contributed by atoms with E-state index in [0.29, 0.717) is 19.4 Å². The molecule has 0 aromatic carbocycles. The van der Waals surface area contributed by atoms with Crippen LogP contribution in [0.4, 0.5) is 8.78 Å². The molecule has 4 heteroatoms. The van der Waals surface area contributed by atoms with Crippen molar-refractivity contribution in [1.82, 2.24) is 0 Å². The normalized spacial score (nSPS) is 14.1. The molecule has 1 atom stereocenters. The summed E-state index contributed by atoms with van der Waals surface area (Å²) in [5.74, 6) is 0. The highest BCUT2D eigenvalue weighted by Crippen LogP contribution is 2.05. The Hall–Kier alpha value is -0.220. The van der Waals surface area contributed by atoms with Crippen LogP contribution in [0.1, 0.15) is 19.3 Å². The first kappa shape index (κ1) is 9.78. The van der Waals surface area contributed by atoms with Gasteiger partial charge in [-0.05, 0) is 19.4 Å². The first-order chi connectivity index (χ1) is 4.68. The fourth-order valence-corrected chi connectivity index (χ4v) is 0.650. The van der Waals surface area contributed by atoms with Gasteiger partial charge in [0, 0.05) is 0 Å². The van der Waals surface area contributed by atoms with Crippen molar-refractivity contribution in [1.29, 1.82) is 0 Å². The lowest BCUT2D eigenvalue weighted by atomic mass is 10.1. The van der Waals surface area contributed by atoms with E-state index in [1.54, 1.807) is 0 Å². The Morgan fingerprint density at radius 1 is 1.20 bits per heavy atom. The average Bonchev–Trinajstić information content (AvgIpc) is 1.88. The Labute approximate surface area is 59.6 Å². The minimum absolute atomic E-state index is 0.370. The van der Waals surface area contributed by atoms with Gasteiger partial charge in [-0.2, -0.15) is 0 Å². The van der Waals surface area contributed by atoms with Crippen LogP contribution in [0.15, 0.2) is 0 Å². The summed E-state index contributed by atoms with van der Waals surface area (Å²) in [5, 5.41) is 0. The van der Waals surface area contributed by atoms with E-state index in [2.05, 4.69) is 0 Å². The molecule has 0 bridgehead atoms. The van der Waals surface area contributed by atoms with Crippen LogP contribution in [-0.2, 0) is 0 Å². The van der Waals surface area contributed by atoms with Crippen LogP contribution >= 0.6 is 0 Å². The summed E-state index contributed by atoms with van der Waals surface area (Å²) >= 11 is 0. The first-order valence-electron chi connectivity index (χ1n) is 3.42. The van der Waals surface area contributed by atoms with Crippen molar-refractivity contribution in [3.63, 3.8) is 0 Å². The van der Waals surface area contributed by atoms with Gasteiger partial charge in [-0.3, -0.25) is 0 Å². The third-order valence-corrected chi connectivity index (χ3v) is 1.32. The molecule has 0 radical (unpaired) electrons. The van der Waals surface area contributed by atoms with Crippen LogP contribution in [0.5, 0.6) is 0 Å². The quantitative estimate of drug-likeness (QED) is 0.570. The Kier molecular flexibility index (Phi) is 5.43. The minimum atomic E-state index is -2.39. The molecule has 0 rings (SSSR count). The standard InChI is InChI=1S/C6H14F2N2/c7-6(8)5(10)3-1-2-4-9/h5-6H,1-4,9-10H2. The molecular formula is C6H14F2N2. The average molecular weight is 152 g/mol. The lowest BCUT2D eigenvalue weighted by Crippen LogP contribution is -2.28. The third kappa shape index (κ3) is 4.64. The summed E-state index contributed by atoms with van der Waals surface area (Å²) in [4.78, 5) is 0. The second kappa shape index (κ2) is 5.56. The summed E-state index contributed by atoms with van der Waals surface area (Å²) in [6.07, 6.45) is -0.546. The van der Waals surface area contributed by atoms with Gasteiger partial charge in [0.15, 0.2) is 0 Å². The number of alkyl halides is 2. The van der Waals surface area contributed by atoms with Crippen LogP contribution in [0.25, 0.3) is 0 Å². The highest BCUT2D eigenvalue weighted by molar-refractivity contribution is 4.63. The van der Waals surface area contributed by atoms with Crippen molar-refractivity contribution in [3.05, 3.63) is 0 Å². The highest BCUT2D eigenvalue weighted by atomic mass is 19.3. The maximum Gasteiger partial charge on any atom is 0.253 e. The van der Waals surface area contributed by atoms with Gasteiger partial charge in [0.2, 0.25) is 0 Å². The minimum Gasteiger partial charge on any atom is -0.330 e. The van der Waals surface area contributed by atoms with Crippen LogP contribution in [0, 0.1) is 0 Å². The van der Waals surface area contributed by atoms with Crippen molar-refractivity contribution >= 4 is 0 Å². The van der Waals surface area contributed by atoms with Gasteiger partial charge in [-0.1, -0.05) is 6.42 Å². The Morgan fingerprint density at radius 2 is 1.80 bits per heavy atom. The molecule has 0 aliphatic heterocycles. The predicted octanol–water partition coefficient (Wildman–Crippen LogP) is 0.708. The highest BCUT2D eigenvalue weighted by Gasteiger charge is 2.13. The molecule has 0 aromatic heterocycles. The molecule has 0 heterocycles. The number of halogens is 2. The SMILES string of the molecule is NCCCCC(N)C(F)F. The fraction of sp³-hybridized carbons (Fsp3) is 1.00. The lowest BCUT2D eigenvalue weighted by Gasteiger charge is -2.08. The third-order valence-electron chi connectivity index (χ3n) is 1.32. The number of rotatable bonds is 5. The Balaban J connectivity index is 3.13. The van der Waals surface area contributed by atoms with Crippen molar-refractivity contribution in [2.75, 3.05) is 6.54 Å². The van der Waals surface area contributed by atoms with E-state index >= 15 is 0 Å². The molecule has 0 amide bonds. The Bertz CT molecular complexity index is 78.1. The van der Waals surface area contributed by atoms with Gasteiger partial charge in [-0.25, -0.2) is 8.78 Å². The molecular weight excluding hydrogens is 138 g/mol. The maximum absolute atomic E-state index is 11.7. The fourth-order valence-electron chi connectivity index (χ4n) is 0.650. The van der Waals surface area contributed by atoms with Crippen LogP contribution in [-0.4, -0.2) is 19.0 Å². The van der Waals surface area contributed by atoms with E-state index in [1.807, 2.05) is 0 Å². The van der Waals surface area contributed by atoms with Gasteiger partial charge in [0.25, 0.3) is 6.43 Å². The zero-order valence-corrected chi connectivity index (χ0v) is 5.89. The molecule has 10 heavy (non-hydrogen) atoms. The number of nitrogens with two attached hydrogens (primary N) is 2. The van der Waals surface area contributed by atoms with E-state index in [4.69, 9.17) is 11.5 Å². The van der Waals surface area contributed by atoms with E-state index < -0.39 is 12.5 Å². The van der Waals surface area contributed by atoms with Gasteiger partial charge < -0.3 is 11.5 Å². The van der Waals surface area contributed by atoms with Crippen molar-refractivity contribution in [2.24, 2.45) is 11.5 Å². The number of hydrogen-bond donors (Lipinski definition) is 2. The first-order valence-corrected chi connectivity index (χ1v) is 3.42. The molecule has 1 unspecified atom stereocenters. The van der Waals surface area contributed by atoms with Gasteiger partial charge in [0.1, 0.15) is 0 Å². The molecule has 0 saturated carbocycles.